The minimum absolute atomic E-state index is 0.152. The molecule has 1 N–H and O–H groups in total. The molecule has 0 aliphatic carbocycles. The fraction of sp³-hybridized carbons (Fsp3) is 0.500. The van der Waals surface area contributed by atoms with Gasteiger partial charge < -0.3 is 4.74 Å². The van der Waals surface area contributed by atoms with Crippen LogP contribution in [0.3, 0.4) is 0 Å². The van der Waals surface area contributed by atoms with E-state index in [4.69, 9.17) is 10.00 Å². The van der Waals surface area contributed by atoms with Crippen molar-refractivity contribution in [1.29, 1.82) is 5.26 Å². The molecule has 1 rings (SSSR count). The minimum Gasteiger partial charge on any atom is -0.462 e. The van der Waals surface area contributed by atoms with Gasteiger partial charge in [-0.2, -0.15) is 9.94 Å². The molecule has 8 nitrogen and oxygen atoms in total. The fourth-order valence-corrected chi connectivity index (χ4v) is 2.01. The number of thioether (sulfide) groups is 1. The Morgan fingerprint density at radius 1 is 1.48 bits per heavy atom. The van der Waals surface area contributed by atoms with Crippen molar-refractivity contribution in [1.82, 2.24) is 14.9 Å². The fourth-order valence-electron chi connectivity index (χ4n) is 1.56. The molecule has 1 heterocycles. The van der Waals surface area contributed by atoms with Gasteiger partial charge in [-0.05, 0) is 13.2 Å². The predicted molar refractivity (Wildman–Crippen MR) is 86.5 cm³/mol. The van der Waals surface area contributed by atoms with Crippen molar-refractivity contribution >= 4 is 17.7 Å². The number of aromatic nitrogens is 3. The molecule has 0 radical (unpaired) electrons. The van der Waals surface area contributed by atoms with Gasteiger partial charge in [0.25, 0.3) is 5.56 Å². The monoisotopic (exact) mass is 337 g/mol. The standard InChI is InChI=1S/C14H19N5O3S/c1-6-22-12(21)9(7-15)8-16-19-11(20)10(14(2,3)4)17-18-13(19)23-5/h8,16H,6H2,1-5H3/b9-8+. The summed E-state index contributed by atoms with van der Waals surface area (Å²) in [6.07, 6.45) is 2.85. The molecule has 0 aliphatic heterocycles. The highest BCUT2D eigenvalue weighted by Crippen LogP contribution is 2.17. The molecule has 9 heteroatoms. The summed E-state index contributed by atoms with van der Waals surface area (Å²) in [4.78, 5) is 24.1. The third kappa shape index (κ3) is 4.56. The molecule has 0 spiro atoms. The van der Waals surface area contributed by atoms with Crippen LogP contribution in [-0.2, 0) is 14.9 Å². The summed E-state index contributed by atoms with van der Waals surface area (Å²) in [5.74, 6) is -0.765. The van der Waals surface area contributed by atoms with Gasteiger partial charge >= 0.3 is 5.97 Å². The highest BCUT2D eigenvalue weighted by molar-refractivity contribution is 7.98. The second-order valence-corrected chi connectivity index (χ2v) is 6.22. The SMILES string of the molecule is CCOC(=O)/C(C#N)=C/Nn1c(SC)nnc(C(C)(C)C)c1=O. The van der Waals surface area contributed by atoms with E-state index in [1.165, 1.54) is 11.8 Å². The highest BCUT2D eigenvalue weighted by atomic mass is 32.2. The van der Waals surface area contributed by atoms with E-state index in [0.717, 1.165) is 10.9 Å². The lowest BCUT2D eigenvalue weighted by atomic mass is 9.93. The van der Waals surface area contributed by atoms with Crippen molar-refractivity contribution in [3.05, 3.63) is 27.8 Å². The van der Waals surface area contributed by atoms with Gasteiger partial charge in [0.05, 0.1) is 6.61 Å². The van der Waals surface area contributed by atoms with Crippen LogP contribution in [0.25, 0.3) is 0 Å². The average molecular weight is 337 g/mol. The molecule has 0 saturated heterocycles. The lowest BCUT2D eigenvalue weighted by Gasteiger charge is -2.18. The van der Waals surface area contributed by atoms with Crippen LogP contribution < -0.4 is 11.0 Å². The number of hydrogen-bond acceptors (Lipinski definition) is 8. The van der Waals surface area contributed by atoms with E-state index in [0.29, 0.717) is 5.16 Å². The van der Waals surface area contributed by atoms with Crippen molar-refractivity contribution in [3.63, 3.8) is 0 Å². The summed E-state index contributed by atoms with van der Waals surface area (Å²) in [5.41, 5.74) is 1.76. The molecule has 23 heavy (non-hydrogen) atoms. The van der Waals surface area contributed by atoms with Gasteiger partial charge in [0.1, 0.15) is 11.8 Å². The number of ether oxygens (including phenoxy) is 1. The molecule has 0 bridgehead atoms. The molecule has 0 aliphatic rings. The Kier molecular flexibility index (Phi) is 6.33. The second kappa shape index (κ2) is 7.78. The number of carbonyl (C=O) groups is 1. The highest BCUT2D eigenvalue weighted by Gasteiger charge is 2.23. The lowest BCUT2D eigenvalue weighted by molar-refractivity contribution is -0.138. The lowest BCUT2D eigenvalue weighted by Crippen LogP contribution is -2.37. The van der Waals surface area contributed by atoms with E-state index in [-0.39, 0.29) is 17.9 Å². The summed E-state index contributed by atoms with van der Waals surface area (Å²) in [6.45, 7) is 7.32. The van der Waals surface area contributed by atoms with Crippen LogP contribution in [-0.4, -0.2) is 33.7 Å². The molecule has 1 aromatic heterocycles. The van der Waals surface area contributed by atoms with E-state index in [9.17, 15) is 9.59 Å². The van der Waals surface area contributed by atoms with Crippen LogP contribution in [0, 0.1) is 11.3 Å². The summed E-state index contributed by atoms with van der Waals surface area (Å²) < 4.78 is 5.91. The first-order valence-corrected chi connectivity index (χ1v) is 8.06. The first-order chi connectivity index (χ1) is 10.8. The number of nitrogens with zero attached hydrogens (tertiary/aromatic N) is 4. The van der Waals surface area contributed by atoms with E-state index < -0.39 is 16.9 Å². The van der Waals surface area contributed by atoms with Crippen molar-refractivity contribution in [2.75, 3.05) is 18.3 Å². The van der Waals surface area contributed by atoms with E-state index >= 15 is 0 Å². The summed E-state index contributed by atoms with van der Waals surface area (Å²) in [5, 5.41) is 17.3. The Labute approximate surface area is 138 Å². The summed E-state index contributed by atoms with van der Waals surface area (Å²) >= 11 is 1.21. The average Bonchev–Trinajstić information content (AvgIpc) is 2.47. The van der Waals surface area contributed by atoms with Crippen molar-refractivity contribution in [2.24, 2.45) is 0 Å². The maximum Gasteiger partial charge on any atom is 0.350 e. The Balaban J connectivity index is 3.29. The van der Waals surface area contributed by atoms with Gasteiger partial charge in [-0.1, -0.05) is 32.5 Å². The van der Waals surface area contributed by atoms with Gasteiger partial charge in [0, 0.05) is 11.6 Å². The summed E-state index contributed by atoms with van der Waals surface area (Å²) in [6, 6.07) is 1.72. The minimum atomic E-state index is -0.765. The van der Waals surface area contributed by atoms with E-state index in [1.54, 1.807) is 19.2 Å². The second-order valence-electron chi connectivity index (χ2n) is 5.45. The van der Waals surface area contributed by atoms with Crippen LogP contribution in [0.15, 0.2) is 21.7 Å². The number of nitrogens with one attached hydrogen (secondary N) is 1. The zero-order valence-corrected chi connectivity index (χ0v) is 14.5. The first kappa shape index (κ1) is 18.7. The molecular weight excluding hydrogens is 318 g/mol. The molecule has 0 amide bonds. The van der Waals surface area contributed by atoms with E-state index in [2.05, 4.69) is 15.6 Å². The Morgan fingerprint density at radius 2 is 2.13 bits per heavy atom. The first-order valence-electron chi connectivity index (χ1n) is 6.84. The molecule has 0 aromatic carbocycles. The topological polar surface area (TPSA) is 110 Å². The molecule has 1 aromatic rings. The number of hydrogen-bond donors (Lipinski definition) is 1. The van der Waals surface area contributed by atoms with Crippen LogP contribution in [0.4, 0.5) is 0 Å². The molecular formula is C14H19N5O3S. The van der Waals surface area contributed by atoms with Crippen molar-refractivity contribution in [2.45, 2.75) is 38.3 Å². The third-order valence-corrected chi connectivity index (χ3v) is 3.31. The number of nitriles is 1. The zero-order valence-electron chi connectivity index (χ0n) is 13.7. The van der Waals surface area contributed by atoms with Crippen molar-refractivity contribution < 1.29 is 9.53 Å². The molecule has 0 saturated carbocycles. The van der Waals surface area contributed by atoms with Gasteiger partial charge in [0.2, 0.25) is 5.16 Å². The van der Waals surface area contributed by atoms with Gasteiger partial charge in [-0.15, -0.1) is 10.2 Å². The number of esters is 1. The van der Waals surface area contributed by atoms with Crippen LogP contribution in [0.2, 0.25) is 0 Å². The molecule has 0 fully saturated rings. The zero-order chi connectivity index (χ0) is 17.6. The van der Waals surface area contributed by atoms with Gasteiger partial charge in [0.15, 0.2) is 5.57 Å². The van der Waals surface area contributed by atoms with Crippen molar-refractivity contribution in [3.8, 4) is 6.07 Å². The van der Waals surface area contributed by atoms with Gasteiger partial charge in [-0.25, -0.2) is 4.79 Å². The third-order valence-electron chi connectivity index (χ3n) is 2.68. The maximum atomic E-state index is 12.5. The normalized spacial score (nSPS) is 11.7. The van der Waals surface area contributed by atoms with Crippen LogP contribution >= 0.6 is 11.8 Å². The Hall–Kier alpha value is -2.34. The Bertz CT molecular complexity index is 713. The number of carbonyl (C=O) groups excluding carboxylic acids is 1. The maximum absolute atomic E-state index is 12.5. The molecule has 124 valence electrons. The van der Waals surface area contributed by atoms with Crippen LogP contribution in [0.5, 0.6) is 0 Å². The van der Waals surface area contributed by atoms with E-state index in [1.807, 2.05) is 20.8 Å². The molecule has 0 unspecified atom stereocenters. The predicted octanol–water partition coefficient (Wildman–Crippen LogP) is 1.17. The molecule has 0 atom stereocenters. The largest absolute Gasteiger partial charge is 0.462 e. The Morgan fingerprint density at radius 3 is 2.61 bits per heavy atom. The van der Waals surface area contributed by atoms with Gasteiger partial charge in [-0.3, -0.25) is 10.2 Å². The summed E-state index contributed by atoms with van der Waals surface area (Å²) in [7, 11) is 0. The quantitative estimate of drug-likeness (QED) is 0.369. The van der Waals surface area contributed by atoms with Crippen LogP contribution in [0.1, 0.15) is 33.4 Å². The smallest absolute Gasteiger partial charge is 0.350 e. The number of rotatable bonds is 5.